The van der Waals surface area contributed by atoms with Crippen molar-refractivity contribution in [2.45, 2.75) is 19.4 Å². The Morgan fingerprint density at radius 1 is 1.32 bits per heavy atom. The number of aryl methyl sites for hydroxylation is 1. The number of nitrogens with zero attached hydrogens (tertiary/aromatic N) is 1. The summed E-state index contributed by atoms with van der Waals surface area (Å²) in [6.45, 7) is 5.04. The van der Waals surface area contributed by atoms with E-state index in [0.29, 0.717) is 25.4 Å². The molecule has 5 heteroatoms. The third-order valence-electron chi connectivity index (χ3n) is 4.19. The first-order valence-electron chi connectivity index (χ1n) is 8.37. The van der Waals surface area contributed by atoms with Crippen molar-refractivity contribution >= 4 is 11.7 Å². The summed E-state index contributed by atoms with van der Waals surface area (Å²) >= 11 is 0. The van der Waals surface area contributed by atoms with Crippen LogP contribution in [0, 0.1) is 0 Å². The number of allylic oxidation sites excluding steroid dienone is 1. The van der Waals surface area contributed by atoms with Crippen molar-refractivity contribution in [3.8, 4) is 11.5 Å². The van der Waals surface area contributed by atoms with E-state index in [1.807, 2.05) is 30.3 Å². The lowest BCUT2D eigenvalue weighted by Gasteiger charge is -2.21. The molecule has 2 aromatic rings. The standard InChI is InChI=1S/C20H22N2O3/c1-2-3-6-15-7-4-5-8-18(15)21-20(24)22-11-12-25-19-10-9-17(23)13-16(19)14-22/h2,4-5,7-10,13,23H,1,3,6,11-12,14H2,(H,21,24). The van der Waals surface area contributed by atoms with E-state index >= 15 is 0 Å². The fourth-order valence-electron chi connectivity index (χ4n) is 2.87. The van der Waals surface area contributed by atoms with Gasteiger partial charge in [-0.1, -0.05) is 24.3 Å². The van der Waals surface area contributed by atoms with Gasteiger partial charge in [-0.2, -0.15) is 0 Å². The molecule has 0 unspecified atom stereocenters. The van der Waals surface area contributed by atoms with Gasteiger partial charge in [0.25, 0.3) is 0 Å². The molecule has 0 bridgehead atoms. The molecule has 0 fully saturated rings. The SMILES string of the molecule is C=CCCc1ccccc1NC(=O)N1CCOc2ccc(O)cc2C1. The Hall–Kier alpha value is -2.95. The van der Waals surface area contributed by atoms with Gasteiger partial charge in [-0.05, 0) is 42.7 Å². The highest BCUT2D eigenvalue weighted by Gasteiger charge is 2.20. The van der Waals surface area contributed by atoms with Gasteiger partial charge in [0.1, 0.15) is 18.1 Å². The van der Waals surface area contributed by atoms with E-state index in [-0.39, 0.29) is 11.8 Å². The van der Waals surface area contributed by atoms with Crippen molar-refractivity contribution in [3.63, 3.8) is 0 Å². The van der Waals surface area contributed by atoms with Crippen LogP contribution in [0.5, 0.6) is 11.5 Å². The van der Waals surface area contributed by atoms with Gasteiger partial charge in [0.15, 0.2) is 0 Å². The first kappa shape index (κ1) is 16.9. The smallest absolute Gasteiger partial charge is 0.322 e. The molecule has 25 heavy (non-hydrogen) atoms. The number of hydrogen-bond donors (Lipinski definition) is 2. The minimum absolute atomic E-state index is 0.166. The number of nitrogens with one attached hydrogen (secondary N) is 1. The number of hydrogen-bond acceptors (Lipinski definition) is 3. The number of ether oxygens (including phenoxy) is 1. The average molecular weight is 338 g/mol. The van der Waals surface area contributed by atoms with Gasteiger partial charge in [-0.25, -0.2) is 4.79 Å². The Balaban J connectivity index is 1.74. The van der Waals surface area contributed by atoms with Crippen molar-refractivity contribution in [2.75, 3.05) is 18.5 Å². The summed E-state index contributed by atoms with van der Waals surface area (Å²) in [4.78, 5) is 14.4. The number of rotatable bonds is 4. The minimum atomic E-state index is -0.175. The molecule has 1 aliphatic heterocycles. The third-order valence-corrected chi connectivity index (χ3v) is 4.19. The molecule has 0 aromatic heterocycles. The summed E-state index contributed by atoms with van der Waals surface area (Å²) in [5.74, 6) is 0.874. The number of para-hydroxylation sites is 1. The summed E-state index contributed by atoms with van der Waals surface area (Å²) < 4.78 is 5.67. The maximum atomic E-state index is 12.7. The van der Waals surface area contributed by atoms with Crippen LogP contribution in [0.15, 0.2) is 55.1 Å². The van der Waals surface area contributed by atoms with E-state index in [2.05, 4.69) is 11.9 Å². The molecular formula is C20H22N2O3. The molecule has 2 amide bonds. The van der Waals surface area contributed by atoms with Gasteiger partial charge in [-0.3, -0.25) is 0 Å². The van der Waals surface area contributed by atoms with Crippen LogP contribution in [0.3, 0.4) is 0 Å². The van der Waals surface area contributed by atoms with Crippen LogP contribution >= 0.6 is 0 Å². The first-order valence-corrected chi connectivity index (χ1v) is 8.37. The van der Waals surface area contributed by atoms with Gasteiger partial charge >= 0.3 is 6.03 Å². The van der Waals surface area contributed by atoms with Crippen molar-refractivity contribution in [1.82, 2.24) is 4.90 Å². The summed E-state index contributed by atoms with van der Waals surface area (Å²) in [7, 11) is 0. The van der Waals surface area contributed by atoms with Crippen molar-refractivity contribution in [2.24, 2.45) is 0 Å². The Kier molecular flexibility index (Phi) is 5.23. The molecule has 0 saturated carbocycles. The molecule has 130 valence electrons. The Labute approximate surface area is 147 Å². The second-order valence-electron chi connectivity index (χ2n) is 5.98. The van der Waals surface area contributed by atoms with Crippen LogP contribution in [0.25, 0.3) is 0 Å². The number of phenolic OH excluding ortho intramolecular Hbond substituents is 1. The predicted octanol–water partition coefficient (Wildman–Crippen LogP) is 3.94. The second-order valence-corrected chi connectivity index (χ2v) is 5.98. The molecule has 0 saturated heterocycles. The van der Waals surface area contributed by atoms with E-state index in [1.54, 1.807) is 23.1 Å². The van der Waals surface area contributed by atoms with Gasteiger partial charge < -0.3 is 20.1 Å². The zero-order valence-corrected chi connectivity index (χ0v) is 14.1. The monoisotopic (exact) mass is 338 g/mol. The van der Waals surface area contributed by atoms with Crippen LogP contribution in [0.2, 0.25) is 0 Å². The summed E-state index contributed by atoms with van der Waals surface area (Å²) in [5.41, 5.74) is 2.70. The summed E-state index contributed by atoms with van der Waals surface area (Å²) in [6, 6.07) is 12.6. The fraction of sp³-hybridized carbons (Fsp3) is 0.250. The average Bonchev–Trinajstić information content (AvgIpc) is 2.83. The van der Waals surface area contributed by atoms with Crippen LogP contribution in [0.1, 0.15) is 17.5 Å². The lowest BCUT2D eigenvalue weighted by atomic mass is 10.1. The van der Waals surface area contributed by atoms with Crippen LogP contribution in [-0.4, -0.2) is 29.2 Å². The highest BCUT2D eigenvalue weighted by atomic mass is 16.5. The molecule has 2 aromatic carbocycles. The normalized spacial score (nSPS) is 13.4. The lowest BCUT2D eigenvalue weighted by molar-refractivity contribution is 0.200. The number of anilines is 1. The van der Waals surface area contributed by atoms with E-state index < -0.39 is 0 Å². The zero-order chi connectivity index (χ0) is 17.6. The summed E-state index contributed by atoms with van der Waals surface area (Å²) in [6.07, 6.45) is 3.56. The van der Waals surface area contributed by atoms with Crippen molar-refractivity contribution in [3.05, 3.63) is 66.2 Å². The molecule has 0 radical (unpaired) electrons. The number of benzene rings is 2. The highest BCUT2D eigenvalue weighted by molar-refractivity contribution is 5.90. The Bertz CT molecular complexity index is 773. The Morgan fingerprint density at radius 3 is 3.00 bits per heavy atom. The predicted molar refractivity (Wildman–Crippen MR) is 98.0 cm³/mol. The van der Waals surface area contributed by atoms with Crippen LogP contribution < -0.4 is 10.1 Å². The van der Waals surface area contributed by atoms with Gasteiger partial charge in [-0.15, -0.1) is 6.58 Å². The van der Waals surface area contributed by atoms with E-state index in [1.165, 1.54) is 0 Å². The number of amides is 2. The minimum Gasteiger partial charge on any atom is -0.508 e. The number of fused-ring (bicyclic) bond motifs is 1. The van der Waals surface area contributed by atoms with Crippen molar-refractivity contribution < 1.29 is 14.6 Å². The largest absolute Gasteiger partial charge is 0.508 e. The number of aromatic hydroxyl groups is 1. The van der Waals surface area contributed by atoms with Crippen molar-refractivity contribution in [1.29, 1.82) is 0 Å². The number of phenols is 1. The van der Waals surface area contributed by atoms with E-state index in [9.17, 15) is 9.90 Å². The molecule has 1 aliphatic rings. The quantitative estimate of drug-likeness (QED) is 0.830. The van der Waals surface area contributed by atoms with Gasteiger partial charge in [0.05, 0.1) is 13.1 Å². The molecule has 5 nitrogen and oxygen atoms in total. The van der Waals surface area contributed by atoms with Gasteiger partial charge in [0, 0.05) is 11.3 Å². The van der Waals surface area contributed by atoms with Crippen LogP contribution in [0.4, 0.5) is 10.5 Å². The van der Waals surface area contributed by atoms with Crippen LogP contribution in [-0.2, 0) is 13.0 Å². The Morgan fingerprint density at radius 2 is 2.16 bits per heavy atom. The number of urea groups is 1. The fourth-order valence-corrected chi connectivity index (χ4v) is 2.87. The highest BCUT2D eigenvalue weighted by Crippen LogP contribution is 2.27. The first-order chi connectivity index (χ1) is 12.2. The van der Waals surface area contributed by atoms with E-state index in [0.717, 1.165) is 29.7 Å². The maximum Gasteiger partial charge on any atom is 0.322 e. The molecule has 0 aliphatic carbocycles. The number of carbonyl (C=O) groups is 1. The molecule has 2 N–H and O–H groups in total. The molecular weight excluding hydrogens is 316 g/mol. The molecule has 0 spiro atoms. The third kappa shape index (κ3) is 4.12. The molecule has 0 atom stereocenters. The summed E-state index contributed by atoms with van der Waals surface area (Å²) in [5, 5.41) is 12.7. The lowest BCUT2D eigenvalue weighted by Crippen LogP contribution is -2.36. The second kappa shape index (κ2) is 7.75. The maximum absolute atomic E-state index is 12.7. The molecule has 3 rings (SSSR count). The van der Waals surface area contributed by atoms with E-state index in [4.69, 9.17) is 4.74 Å². The van der Waals surface area contributed by atoms with Gasteiger partial charge in [0.2, 0.25) is 0 Å². The molecule has 1 heterocycles. The zero-order valence-electron chi connectivity index (χ0n) is 14.1. The topological polar surface area (TPSA) is 61.8 Å². The number of carbonyl (C=O) groups excluding carboxylic acids is 1.